The van der Waals surface area contributed by atoms with Gasteiger partial charge in [0.2, 0.25) is 0 Å². The summed E-state index contributed by atoms with van der Waals surface area (Å²) in [5.41, 5.74) is 0.191. The summed E-state index contributed by atoms with van der Waals surface area (Å²) in [6.07, 6.45) is 5.34. The molecule has 1 saturated carbocycles. The summed E-state index contributed by atoms with van der Waals surface area (Å²) >= 11 is 1.57. The van der Waals surface area contributed by atoms with Gasteiger partial charge in [0.1, 0.15) is 0 Å². The van der Waals surface area contributed by atoms with Crippen molar-refractivity contribution in [2.75, 3.05) is 12.9 Å². The SMILES string of the molecule is CSC(CO)C(C)NC(=O)NC1CCCC1(C)C. The Morgan fingerprint density at radius 3 is 2.67 bits per heavy atom. The van der Waals surface area contributed by atoms with Crippen molar-refractivity contribution in [3.63, 3.8) is 0 Å². The molecule has 3 N–H and O–H groups in total. The van der Waals surface area contributed by atoms with Gasteiger partial charge in [0.05, 0.1) is 6.61 Å². The molecule has 0 spiro atoms. The second-order valence-electron chi connectivity index (χ2n) is 5.80. The predicted molar refractivity (Wildman–Crippen MR) is 76.9 cm³/mol. The third kappa shape index (κ3) is 4.05. The van der Waals surface area contributed by atoms with Crippen LogP contribution in [-0.4, -0.2) is 41.3 Å². The van der Waals surface area contributed by atoms with Crippen molar-refractivity contribution in [3.8, 4) is 0 Å². The van der Waals surface area contributed by atoms with Gasteiger partial charge in [-0.1, -0.05) is 20.3 Å². The van der Waals surface area contributed by atoms with Crippen LogP contribution in [0.1, 0.15) is 40.0 Å². The number of amides is 2. The highest BCUT2D eigenvalue weighted by atomic mass is 32.2. The first-order valence-electron chi connectivity index (χ1n) is 6.61. The van der Waals surface area contributed by atoms with E-state index in [1.807, 2.05) is 13.2 Å². The van der Waals surface area contributed by atoms with Crippen molar-refractivity contribution in [3.05, 3.63) is 0 Å². The third-order valence-corrected chi connectivity index (χ3v) is 5.12. The van der Waals surface area contributed by atoms with Crippen molar-refractivity contribution in [1.82, 2.24) is 10.6 Å². The van der Waals surface area contributed by atoms with Gasteiger partial charge < -0.3 is 15.7 Å². The number of aliphatic hydroxyl groups excluding tert-OH is 1. The van der Waals surface area contributed by atoms with Crippen LogP contribution in [-0.2, 0) is 0 Å². The van der Waals surface area contributed by atoms with Crippen LogP contribution in [0.5, 0.6) is 0 Å². The Morgan fingerprint density at radius 2 is 2.22 bits per heavy atom. The summed E-state index contributed by atoms with van der Waals surface area (Å²) in [5.74, 6) is 0. The van der Waals surface area contributed by atoms with Crippen molar-refractivity contribution >= 4 is 17.8 Å². The summed E-state index contributed by atoms with van der Waals surface area (Å²) < 4.78 is 0. The van der Waals surface area contributed by atoms with E-state index in [1.165, 1.54) is 6.42 Å². The zero-order valence-electron chi connectivity index (χ0n) is 11.8. The van der Waals surface area contributed by atoms with E-state index in [0.717, 1.165) is 12.8 Å². The van der Waals surface area contributed by atoms with Crippen LogP contribution in [0.25, 0.3) is 0 Å². The molecule has 0 bridgehead atoms. The Hall–Kier alpha value is -0.420. The third-order valence-electron chi connectivity index (χ3n) is 3.96. The molecule has 0 saturated heterocycles. The molecular formula is C13H26N2O2S. The van der Waals surface area contributed by atoms with E-state index in [2.05, 4.69) is 24.5 Å². The first-order chi connectivity index (χ1) is 8.40. The molecule has 0 radical (unpaired) electrons. The summed E-state index contributed by atoms with van der Waals surface area (Å²) in [5, 5.41) is 15.2. The average molecular weight is 274 g/mol. The fourth-order valence-corrected chi connectivity index (χ4v) is 3.16. The number of aliphatic hydroxyl groups is 1. The van der Waals surface area contributed by atoms with Crippen molar-refractivity contribution < 1.29 is 9.90 Å². The molecule has 1 aliphatic rings. The molecule has 1 rings (SSSR count). The van der Waals surface area contributed by atoms with Crippen LogP contribution in [0.3, 0.4) is 0 Å². The molecule has 2 amide bonds. The maximum absolute atomic E-state index is 11.9. The topological polar surface area (TPSA) is 61.4 Å². The lowest BCUT2D eigenvalue weighted by atomic mass is 9.87. The van der Waals surface area contributed by atoms with Crippen molar-refractivity contribution in [2.24, 2.45) is 5.41 Å². The van der Waals surface area contributed by atoms with E-state index < -0.39 is 0 Å². The van der Waals surface area contributed by atoms with Gasteiger partial charge in [-0.25, -0.2) is 4.79 Å². The Labute approximate surface area is 114 Å². The number of hydrogen-bond donors (Lipinski definition) is 3. The predicted octanol–water partition coefficient (Wildman–Crippen LogP) is 1.98. The lowest BCUT2D eigenvalue weighted by Gasteiger charge is -2.29. The van der Waals surface area contributed by atoms with E-state index in [1.54, 1.807) is 11.8 Å². The highest BCUT2D eigenvalue weighted by Crippen LogP contribution is 2.37. The summed E-state index contributed by atoms with van der Waals surface area (Å²) in [6.45, 7) is 6.41. The molecule has 4 nitrogen and oxygen atoms in total. The molecular weight excluding hydrogens is 248 g/mol. The average Bonchev–Trinajstić information content (AvgIpc) is 2.59. The zero-order chi connectivity index (χ0) is 13.8. The van der Waals surface area contributed by atoms with E-state index >= 15 is 0 Å². The molecule has 0 aromatic rings. The first kappa shape index (κ1) is 15.6. The standard InChI is InChI=1S/C13H26N2O2S/c1-9(10(8-16)18-4)14-12(17)15-11-6-5-7-13(11,2)3/h9-11,16H,5-8H2,1-4H3,(H2,14,15,17). The molecule has 18 heavy (non-hydrogen) atoms. The number of carbonyl (C=O) groups excluding carboxylic acids is 1. The van der Waals surface area contributed by atoms with Gasteiger partial charge in [-0.2, -0.15) is 11.8 Å². The van der Waals surface area contributed by atoms with E-state index in [9.17, 15) is 9.90 Å². The van der Waals surface area contributed by atoms with Gasteiger partial charge in [0.25, 0.3) is 0 Å². The number of rotatable bonds is 5. The molecule has 1 aliphatic carbocycles. The molecule has 1 fully saturated rings. The normalized spacial score (nSPS) is 25.5. The lowest BCUT2D eigenvalue weighted by molar-refractivity contribution is 0.216. The largest absolute Gasteiger partial charge is 0.395 e. The number of urea groups is 1. The van der Waals surface area contributed by atoms with Gasteiger partial charge in [-0.15, -0.1) is 0 Å². The zero-order valence-corrected chi connectivity index (χ0v) is 12.6. The summed E-state index contributed by atoms with van der Waals surface area (Å²) in [7, 11) is 0. The summed E-state index contributed by atoms with van der Waals surface area (Å²) in [6, 6.07) is 0.107. The lowest BCUT2D eigenvalue weighted by Crippen LogP contribution is -2.51. The molecule has 0 aromatic heterocycles. The second-order valence-corrected chi connectivity index (χ2v) is 6.87. The quantitative estimate of drug-likeness (QED) is 0.718. The molecule has 5 heteroatoms. The monoisotopic (exact) mass is 274 g/mol. The van der Waals surface area contributed by atoms with Crippen LogP contribution in [0.2, 0.25) is 0 Å². The fourth-order valence-electron chi connectivity index (χ4n) is 2.53. The molecule has 0 heterocycles. The minimum Gasteiger partial charge on any atom is -0.395 e. The molecule has 3 atom stereocenters. The highest BCUT2D eigenvalue weighted by Gasteiger charge is 2.35. The Kier molecular flexibility index (Phi) is 5.79. The Morgan fingerprint density at radius 1 is 1.56 bits per heavy atom. The number of nitrogens with one attached hydrogen (secondary N) is 2. The minimum absolute atomic E-state index is 0.0329. The van der Waals surface area contributed by atoms with Gasteiger partial charge >= 0.3 is 6.03 Å². The number of thioether (sulfide) groups is 1. The molecule has 0 aliphatic heterocycles. The van der Waals surface area contributed by atoms with E-state index in [4.69, 9.17) is 0 Å². The van der Waals surface area contributed by atoms with Crippen LogP contribution in [0.15, 0.2) is 0 Å². The van der Waals surface area contributed by atoms with Crippen LogP contribution >= 0.6 is 11.8 Å². The Bertz CT molecular complexity index is 280. The maximum Gasteiger partial charge on any atom is 0.315 e. The highest BCUT2D eigenvalue weighted by molar-refractivity contribution is 7.99. The van der Waals surface area contributed by atoms with Gasteiger partial charge in [-0.3, -0.25) is 0 Å². The molecule has 3 unspecified atom stereocenters. The fraction of sp³-hybridized carbons (Fsp3) is 0.923. The minimum atomic E-state index is -0.116. The van der Waals surface area contributed by atoms with Gasteiger partial charge in [-0.05, 0) is 31.4 Å². The van der Waals surface area contributed by atoms with Crippen molar-refractivity contribution in [1.29, 1.82) is 0 Å². The molecule has 106 valence electrons. The van der Waals surface area contributed by atoms with E-state index in [-0.39, 0.29) is 35.4 Å². The van der Waals surface area contributed by atoms with Gasteiger partial charge in [0.15, 0.2) is 0 Å². The van der Waals surface area contributed by atoms with Crippen molar-refractivity contribution in [2.45, 2.75) is 57.4 Å². The van der Waals surface area contributed by atoms with Crippen LogP contribution < -0.4 is 10.6 Å². The number of hydrogen-bond acceptors (Lipinski definition) is 3. The number of carbonyl (C=O) groups is 1. The van der Waals surface area contributed by atoms with Crippen LogP contribution in [0, 0.1) is 5.41 Å². The summed E-state index contributed by atoms with van der Waals surface area (Å²) in [4.78, 5) is 11.9. The first-order valence-corrected chi connectivity index (χ1v) is 7.90. The Balaban J connectivity index is 2.42. The van der Waals surface area contributed by atoms with Crippen LogP contribution in [0.4, 0.5) is 4.79 Å². The smallest absolute Gasteiger partial charge is 0.315 e. The second kappa shape index (κ2) is 6.66. The van der Waals surface area contributed by atoms with E-state index in [0.29, 0.717) is 0 Å². The van der Waals surface area contributed by atoms with Gasteiger partial charge in [0, 0.05) is 17.3 Å². The molecule has 0 aromatic carbocycles. The maximum atomic E-state index is 11.9.